The molecule has 0 aromatic heterocycles. The van der Waals surface area contributed by atoms with Gasteiger partial charge in [0.05, 0.1) is 20.6 Å². The van der Waals surface area contributed by atoms with Gasteiger partial charge < -0.3 is 19.7 Å². The summed E-state index contributed by atoms with van der Waals surface area (Å²) in [6.45, 7) is 1.67. The molecule has 2 rings (SSSR count). The van der Waals surface area contributed by atoms with Gasteiger partial charge in [-0.3, -0.25) is 9.59 Å². The fourth-order valence-electron chi connectivity index (χ4n) is 2.51. The van der Waals surface area contributed by atoms with Crippen molar-refractivity contribution in [1.82, 2.24) is 5.43 Å². The van der Waals surface area contributed by atoms with E-state index < -0.39 is 5.91 Å². The molecule has 154 valence electrons. The minimum Gasteiger partial charge on any atom is -0.493 e. The van der Waals surface area contributed by atoms with Gasteiger partial charge in [0, 0.05) is 36.7 Å². The standard InChI is InChI=1S/C21H26N4O4/c1-14(12-20(26)22-16-7-9-17(10-8-16)25(2)3)23-24-21(27)15-6-11-18(28-4)19(13-15)29-5/h6-11,13H,12H2,1-5H3,(H,22,26)(H,24,27)/b23-14+. The lowest BCUT2D eigenvalue weighted by Crippen LogP contribution is -2.21. The number of anilines is 2. The number of hydrogen-bond acceptors (Lipinski definition) is 6. The predicted molar refractivity (Wildman–Crippen MR) is 114 cm³/mol. The molecule has 8 nitrogen and oxygen atoms in total. The SMILES string of the molecule is COc1ccc(C(=O)N/N=C(\C)CC(=O)Nc2ccc(N(C)C)cc2)cc1OC. The average Bonchev–Trinajstić information content (AvgIpc) is 2.71. The Morgan fingerprint density at radius 1 is 1.00 bits per heavy atom. The second-order valence-corrected chi connectivity index (χ2v) is 6.52. The van der Waals surface area contributed by atoms with E-state index in [9.17, 15) is 9.59 Å². The van der Waals surface area contributed by atoms with Crippen molar-refractivity contribution in [2.24, 2.45) is 5.10 Å². The first kappa shape index (κ1) is 21.7. The van der Waals surface area contributed by atoms with Gasteiger partial charge in [-0.15, -0.1) is 0 Å². The van der Waals surface area contributed by atoms with Crippen molar-refractivity contribution in [3.8, 4) is 11.5 Å². The second kappa shape index (κ2) is 10.1. The van der Waals surface area contributed by atoms with E-state index in [1.165, 1.54) is 14.2 Å². The fraction of sp³-hybridized carbons (Fsp3) is 0.286. The summed E-state index contributed by atoms with van der Waals surface area (Å²) in [5.74, 6) is 0.341. The van der Waals surface area contributed by atoms with Crippen LogP contribution < -0.4 is 25.1 Å². The van der Waals surface area contributed by atoms with Crippen molar-refractivity contribution in [3.63, 3.8) is 0 Å². The van der Waals surface area contributed by atoms with Gasteiger partial charge in [0.15, 0.2) is 11.5 Å². The van der Waals surface area contributed by atoms with E-state index in [0.29, 0.717) is 28.5 Å². The maximum absolute atomic E-state index is 12.3. The molecule has 2 amide bonds. The Hall–Kier alpha value is -3.55. The van der Waals surface area contributed by atoms with Crippen LogP contribution in [0.3, 0.4) is 0 Å². The molecule has 0 spiro atoms. The third-order valence-electron chi connectivity index (χ3n) is 4.08. The van der Waals surface area contributed by atoms with Crippen LogP contribution in [0.5, 0.6) is 11.5 Å². The first-order chi connectivity index (χ1) is 13.8. The van der Waals surface area contributed by atoms with Crippen LogP contribution in [0.4, 0.5) is 11.4 Å². The Morgan fingerprint density at radius 2 is 1.66 bits per heavy atom. The molecular weight excluding hydrogens is 372 g/mol. The Balaban J connectivity index is 1.92. The Kier molecular flexibility index (Phi) is 7.59. The molecule has 0 fully saturated rings. The number of benzene rings is 2. The summed E-state index contributed by atoms with van der Waals surface area (Å²) in [4.78, 5) is 26.4. The molecule has 2 aromatic rings. The van der Waals surface area contributed by atoms with Gasteiger partial charge in [-0.25, -0.2) is 5.43 Å². The Morgan fingerprint density at radius 3 is 2.24 bits per heavy atom. The molecule has 0 aliphatic rings. The lowest BCUT2D eigenvalue weighted by molar-refractivity contribution is -0.115. The molecular formula is C21H26N4O4. The maximum Gasteiger partial charge on any atom is 0.271 e. The van der Waals surface area contributed by atoms with Crippen LogP contribution >= 0.6 is 0 Å². The van der Waals surface area contributed by atoms with Crippen molar-refractivity contribution in [1.29, 1.82) is 0 Å². The number of methoxy groups -OCH3 is 2. The Labute approximate surface area is 170 Å². The predicted octanol–water partition coefficient (Wildman–Crippen LogP) is 2.90. The molecule has 0 atom stereocenters. The lowest BCUT2D eigenvalue weighted by Gasteiger charge is -2.13. The summed E-state index contributed by atoms with van der Waals surface area (Å²) in [7, 11) is 6.91. The van der Waals surface area contributed by atoms with Gasteiger partial charge in [-0.1, -0.05) is 0 Å². The summed E-state index contributed by atoms with van der Waals surface area (Å²) in [5, 5.41) is 6.80. The molecule has 2 aromatic carbocycles. The fourth-order valence-corrected chi connectivity index (χ4v) is 2.51. The number of carbonyl (C=O) groups is 2. The summed E-state index contributed by atoms with van der Waals surface area (Å²) >= 11 is 0. The van der Waals surface area contributed by atoms with Gasteiger partial charge >= 0.3 is 0 Å². The van der Waals surface area contributed by atoms with Crippen LogP contribution in [0.15, 0.2) is 47.6 Å². The molecule has 2 N–H and O–H groups in total. The first-order valence-electron chi connectivity index (χ1n) is 8.96. The summed E-state index contributed by atoms with van der Waals surface area (Å²) in [6, 6.07) is 12.3. The monoisotopic (exact) mass is 398 g/mol. The van der Waals surface area contributed by atoms with Crippen LogP contribution in [-0.4, -0.2) is 45.8 Å². The van der Waals surface area contributed by atoms with Gasteiger partial charge in [0.2, 0.25) is 5.91 Å². The molecule has 29 heavy (non-hydrogen) atoms. The van der Waals surface area contributed by atoms with Gasteiger partial charge in [-0.2, -0.15) is 5.10 Å². The normalized spacial score (nSPS) is 10.9. The highest BCUT2D eigenvalue weighted by Gasteiger charge is 2.11. The lowest BCUT2D eigenvalue weighted by atomic mass is 10.2. The number of amides is 2. The summed E-state index contributed by atoms with van der Waals surface area (Å²) < 4.78 is 10.3. The Bertz CT molecular complexity index is 892. The molecule has 0 aliphatic carbocycles. The van der Waals surface area contributed by atoms with Crippen LogP contribution in [0.2, 0.25) is 0 Å². The van der Waals surface area contributed by atoms with E-state index in [1.807, 2.05) is 43.3 Å². The van der Waals surface area contributed by atoms with Gasteiger partial charge in [0.1, 0.15) is 0 Å². The van der Waals surface area contributed by atoms with Crippen molar-refractivity contribution < 1.29 is 19.1 Å². The molecule has 0 saturated carbocycles. The molecule has 0 unspecified atom stereocenters. The third-order valence-corrected chi connectivity index (χ3v) is 4.08. The van der Waals surface area contributed by atoms with Crippen LogP contribution in [0, 0.1) is 0 Å². The van der Waals surface area contributed by atoms with Crippen molar-refractivity contribution in [3.05, 3.63) is 48.0 Å². The van der Waals surface area contributed by atoms with E-state index in [0.717, 1.165) is 5.69 Å². The highest BCUT2D eigenvalue weighted by molar-refractivity contribution is 6.06. The van der Waals surface area contributed by atoms with E-state index in [4.69, 9.17) is 9.47 Å². The van der Waals surface area contributed by atoms with Crippen molar-refractivity contribution in [2.75, 3.05) is 38.5 Å². The van der Waals surface area contributed by atoms with E-state index in [2.05, 4.69) is 15.8 Å². The number of nitrogens with zero attached hydrogens (tertiary/aromatic N) is 2. The number of ether oxygens (including phenoxy) is 2. The third kappa shape index (κ3) is 6.24. The van der Waals surface area contributed by atoms with Crippen molar-refractivity contribution >= 4 is 28.9 Å². The van der Waals surface area contributed by atoms with Crippen LogP contribution in [0.25, 0.3) is 0 Å². The highest BCUT2D eigenvalue weighted by atomic mass is 16.5. The average molecular weight is 398 g/mol. The van der Waals surface area contributed by atoms with Crippen LogP contribution in [0.1, 0.15) is 23.7 Å². The molecule has 0 aliphatic heterocycles. The topological polar surface area (TPSA) is 92.3 Å². The zero-order chi connectivity index (χ0) is 21.4. The molecule has 0 bridgehead atoms. The minimum atomic E-state index is -0.412. The maximum atomic E-state index is 12.3. The smallest absolute Gasteiger partial charge is 0.271 e. The minimum absolute atomic E-state index is 0.0572. The van der Waals surface area contributed by atoms with Gasteiger partial charge in [-0.05, 0) is 49.4 Å². The van der Waals surface area contributed by atoms with E-state index in [-0.39, 0.29) is 12.3 Å². The molecule has 8 heteroatoms. The number of hydrogen-bond donors (Lipinski definition) is 2. The summed E-state index contributed by atoms with van der Waals surface area (Å²) in [6.07, 6.45) is 0.0572. The molecule has 0 saturated heterocycles. The van der Waals surface area contributed by atoms with Crippen molar-refractivity contribution in [2.45, 2.75) is 13.3 Å². The van der Waals surface area contributed by atoms with Gasteiger partial charge in [0.25, 0.3) is 5.91 Å². The number of hydrazone groups is 1. The quantitative estimate of drug-likeness (QED) is 0.527. The number of rotatable bonds is 8. The number of carbonyl (C=O) groups excluding carboxylic acids is 2. The number of nitrogens with one attached hydrogen (secondary N) is 2. The second-order valence-electron chi connectivity index (χ2n) is 6.52. The summed E-state index contributed by atoms with van der Waals surface area (Å²) in [5.41, 5.74) is 5.02. The zero-order valence-electron chi connectivity index (χ0n) is 17.3. The van der Waals surface area contributed by atoms with E-state index >= 15 is 0 Å². The molecule has 0 radical (unpaired) electrons. The zero-order valence-corrected chi connectivity index (χ0v) is 17.3. The largest absolute Gasteiger partial charge is 0.493 e. The molecule has 0 heterocycles. The highest BCUT2D eigenvalue weighted by Crippen LogP contribution is 2.27. The van der Waals surface area contributed by atoms with Crippen LogP contribution in [-0.2, 0) is 4.79 Å². The first-order valence-corrected chi connectivity index (χ1v) is 8.96. The van der Waals surface area contributed by atoms with E-state index in [1.54, 1.807) is 25.1 Å².